The van der Waals surface area contributed by atoms with Crippen LogP contribution in [0.25, 0.3) is 0 Å². The minimum Gasteiger partial charge on any atom is -0.497 e. The van der Waals surface area contributed by atoms with Crippen LogP contribution >= 0.6 is 0 Å². The normalized spacial score (nSPS) is 13.7. The van der Waals surface area contributed by atoms with Crippen LogP contribution in [-0.4, -0.2) is 43.4 Å². The highest BCUT2D eigenvalue weighted by atomic mass is 19.4. The lowest BCUT2D eigenvalue weighted by molar-refractivity contribution is -0.145. The molecule has 1 aromatic rings. The maximum Gasteiger partial charge on any atom is 0.401 e. The first-order chi connectivity index (χ1) is 8.31. The smallest absolute Gasteiger partial charge is 0.401 e. The largest absolute Gasteiger partial charge is 0.497 e. The third-order valence-corrected chi connectivity index (χ3v) is 2.41. The fraction of sp³-hybridized carbons (Fsp3) is 0.500. The standard InChI is InChI=1S/C12H16F3NO2/c1-16(8-12(13,14)15)7-11(17)9-4-3-5-10(6-9)18-2/h3-6,11,17H,7-8H2,1-2H3. The number of aliphatic hydroxyl groups is 1. The molecule has 6 heteroatoms. The van der Waals surface area contributed by atoms with Crippen LogP contribution in [0, 0.1) is 0 Å². The molecule has 102 valence electrons. The van der Waals surface area contributed by atoms with E-state index in [-0.39, 0.29) is 6.54 Å². The molecule has 1 atom stereocenters. The van der Waals surface area contributed by atoms with Crippen LogP contribution in [0.5, 0.6) is 5.75 Å². The summed E-state index contributed by atoms with van der Waals surface area (Å²) >= 11 is 0. The Kier molecular flexibility index (Phi) is 4.98. The monoisotopic (exact) mass is 263 g/mol. The summed E-state index contributed by atoms with van der Waals surface area (Å²) in [6.45, 7) is -1.14. The highest BCUT2D eigenvalue weighted by Crippen LogP contribution is 2.21. The van der Waals surface area contributed by atoms with Crippen molar-refractivity contribution in [3.63, 3.8) is 0 Å². The summed E-state index contributed by atoms with van der Waals surface area (Å²) in [5, 5.41) is 9.84. The molecule has 1 unspecified atom stereocenters. The molecule has 0 radical (unpaired) electrons. The lowest BCUT2D eigenvalue weighted by Gasteiger charge is -2.22. The summed E-state index contributed by atoms with van der Waals surface area (Å²) in [6, 6.07) is 6.64. The predicted octanol–water partition coefficient (Wildman–Crippen LogP) is 2.22. The first kappa shape index (κ1) is 14.8. The zero-order chi connectivity index (χ0) is 13.8. The molecule has 0 heterocycles. The molecular formula is C12H16F3NO2. The molecule has 0 bridgehead atoms. The van der Waals surface area contributed by atoms with E-state index < -0.39 is 18.8 Å². The van der Waals surface area contributed by atoms with Gasteiger partial charge in [0, 0.05) is 6.54 Å². The van der Waals surface area contributed by atoms with Gasteiger partial charge in [0.25, 0.3) is 0 Å². The van der Waals surface area contributed by atoms with Crippen LogP contribution in [0.2, 0.25) is 0 Å². The first-order valence-corrected chi connectivity index (χ1v) is 5.39. The van der Waals surface area contributed by atoms with E-state index in [2.05, 4.69) is 0 Å². The van der Waals surface area contributed by atoms with Gasteiger partial charge in [-0.05, 0) is 24.7 Å². The molecule has 1 rings (SSSR count). The summed E-state index contributed by atoms with van der Waals surface area (Å²) in [5.41, 5.74) is 0.531. The van der Waals surface area contributed by atoms with Gasteiger partial charge in [0.05, 0.1) is 19.8 Å². The molecule has 0 saturated heterocycles. The van der Waals surface area contributed by atoms with Crippen molar-refractivity contribution in [2.24, 2.45) is 0 Å². The van der Waals surface area contributed by atoms with Gasteiger partial charge in [-0.2, -0.15) is 13.2 Å². The molecule has 0 aliphatic heterocycles. The third-order valence-electron chi connectivity index (χ3n) is 2.41. The van der Waals surface area contributed by atoms with Crippen LogP contribution in [0.15, 0.2) is 24.3 Å². The lowest BCUT2D eigenvalue weighted by Crippen LogP contribution is -2.34. The zero-order valence-corrected chi connectivity index (χ0v) is 10.2. The van der Waals surface area contributed by atoms with Crippen molar-refractivity contribution in [1.29, 1.82) is 0 Å². The minimum atomic E-state index is -4.26. The molecule has 1 aromatic carbocycles. The van der Waals surface area contributed by atoms with Gasteiger partial charge in [-0.3, -0.25) is 4.90 Å². The quantitative estimate of drug-likeness (QED) is 0.884. The molecule has 18 heavy (non-hydrogen) atoms. The van der Waals surface area contributed by atoms with E-state index in [9.17, 15) is 18.3 Å². The first-order valence-electron chi connectivity index (χ1n) is 5.39. The average molecular weight is 263 g/mol. The molecule has 3 nitrogen and oxygen atoms in total. The molecule has 0 amide bonds. The summed E-state index contributed by atoms with van der Waals surface area (Å²) in [5.74, 6) is 0.560. The fourth-order valence-corrected chi connectivity index (χ4v) is 1.62. The van der Waals surface area contributed by atoms with Gasteiger partial charge in [0.1, 0.15) is 5.75 Å². The van der Waals surface area contributed by atoms with Crippen molar-refractivity contribution in [2.75, 3.05) is 27.2 Å². The number of rotatable bonds is 5. The van der Waals surface area contributed by atoms with Crippen molar-refractivity contribution in [2.45, 2.75) is 12.3 Å². The van der Waals surface area contributed by atoms with E-state index in [1.807, 2.05) is 0 Å². The number of benzene rings is 1. The number of hydrogen-bond acceptors (Lipinski definition) is 3. The van der Waals surface area contributed by atoms with Crippen LogP contribution < -0.4 is 4.74 Å². The molecule has 1 N–H and O–H groups in total. The van der Waals surface area contributed by atoms with Crippen molar-refractivity contribution in [3.05, 3.63) is 29.8 Å². The Hall–Kier alpha value is -1.27. The van der Waals surface area contributed by atoms with E-state index in [1.165, 1.54) is 14.2 Å². The highest BCUT2D eigenvalue weighted by molar-refractivity contribution is 5.29. The average Bonchev–Trinajstić information content (AvgIpc) is 2.26. The summed E-state index contributed by atoms with van der Waals surface area (Å²) in [4.78, 5) is 1.03. The number of aliphatic hydroxyl groups excluding tert-OH is 1. The van der Waals surface area contributed by atoms with Crippen LogP contribution in [0.3, 0.4) is 0 Å². The number of likely N-dealkylation sites (N-methyl/N-ethyl adjacent to an activating group) is 1. The fourth-order valence-electron chi connectivity index (χ4n) is 1.62. The van der Waals surface area contributed by atoms with Gasteiger partial charge in [0.2, 0.25) is 0 Å². The molecular weight excluding hydrogens is 247 g/mol. The van der Waals surface area contributed by atoms with Gasteiger partial charge >= 0.3 is 6.18 Å². The minimum absolute atomic E-state index is 0.0906. The van der Waals surface area contributed by atoms with E-state index >= 15 is 0 Å². The van der Waals surface area contributed by atoms with Crippen molar-refractivity contribution >= 4 is 0 Å². The second kappa shape index (κ2) is 6.06. The lowest BCUT2D eigenvalue weighted by atomic mass is 10.1. The Bertz CT molecular complexity index is 382. The Balaban J connectivity index is 2.61. The summed E-state index contributed by atoms with van der Waals surface area (Å²) in [6.07, 6.45) is -5.24. The van der Waals surface area contributed by atoms with Gasteiger partial charge in [-0.25, -0.2) is 0 Å². The van der Waals surface area contributed by atoms with Crippen molar-refractivity contribution in [1.82, 2.24) is 4.90 Å². The maximum absolute atomic E-state index is 12.1. The Morgan fingerprint density at radius 2 is 2.06 bits per heavy atom. The highest BCUT2D eigenvalue weighted by Gasteiger charge is 2.29. The number of alkyl halides is 3. The number of ether oxygens (including phenoxy) is 1. The van der Waals surface area contributed by atoms with Crippen LogP contribution in [0.1, 0.15) is 11.7 Å². The van der Waals surface area contributed by atoms with Crippen LogP contribution in [0.4, 0.5) is 13.2 Å². The summed E-state index contributed by atoms with van der Waals surface area (Å²) in [7, 11) is 2.80. The predicted molar refractivity (Wildman–Crippen MR) is 61.5 cm³/mol. The van der Waals surface area contributed by atoms with Crippen molar-refractivity contribution in [3.8, 4) is 5.75 Å². The molecule has 0 fully saturated rings. The van der Waals surface area contributed by atoms with Crippen molar-refractivity contribution < 1.29 is 23.0 Å². The second-order valence-electron chi connectivity index (χ2n) is 4.10. The number of hydrogen-bond donors (Lipinski definition) is 1. The number of methoxy groups -OCH3 is 1. The number of halogens is 3. The molecule has 0 aliphatic rings. The third kappa shape index (κ3) is 4.93. The van der Waals surface area contributed by atoms with E-state index in [0.29, 0.717) is 11.3 Å². The van der Waals surface area contributed by atoms with Gasteiger partial charge in [-0.15, -0.1) is 0 Å². The molecule has 0 aromatic heterocycles. The topological polar surface area (TPSA) is 32.7 Å². The van der Waals surface area contributed by atoms with Crippen LogP contribution in [-0.2, 0) is 0 Å². The van der Waals surface area contributed by atoms with E-state index in [4.69, 9.17) is 4.74 Å². The SMILES string of the molecule is COc1cccc(C(O)CN(C)CC(F)(F)F)c1. The molecule has 0 aliphatic carbocycles. The number of nitrogens with zero attached hydrogens (tertiary/aromatic N) is 1. The van der Waals surface area contributed by atoms with E-state index in [0.717, 1.165) is 4.90 Å². The zero-order valence-electron chi connectivity index (χ0n) is 10.2. The Morgan fingerprint density at radius 3 is 2.61 bits per heavy atom. The van der Waals surface area contributed by atoms with Gasteiger partial charge in [0.15, 0.2) is 0 Å². The van der Waals surface area contributed by atoms with Gasteiger partial charge in [-0.1, -0.05) is 12.1 Å². The Morgan fingerprint density at radius 1 is 1.39 bits per heavy atom. The Labute approximate surface area is 104 Å². The second-order valence-corrected chi connectivity index (χ2v) is 4.10. The van der Waals surface area contributed by atoms with Gasteiger partial charge < -0.3 is 9.84 Å². The molecule has 0 spiro atoms. The maximum atomic E-state index is 12.1. The van der Waals surface area contributed by atoms with E-state index in [1.54, 1.807) is 24.3 Å². The summed E-state index contributed by atoms with van der Waals surface area (Å²) < 4.78 is 41.4. The molecule has 0 saturated carbocycles.